The Morgan fingerprint density at radius 2 is 2.04 bits per heavy atom. The highest BCUT2D eigenvalue weighted by molar-refractivity contribution is 6.30. The van der Waals surface area contributed by atoms with E-state index in [0.29, 0.717) is 22.1 Å². The van der Waals surface area contributed by atoms with E-state index in [2.05, 4.69) is 5.32 Å². The molecule has 5 nitrogen and oxygen atoms in total. The number of halogens is 1. The number of rotatable bonds is 4. The maximum absolute atomic E-state index is 12.4. The fourth-order valence-corrected chi connectivity index (χ4v) is 2.78. The second kappa shape index (κ2) is 6.93. The molecule has 0 unspecified atom stereocenters. The Kier molecular flexibility index (Phi) is 4.71. The minimum Gasteiger partial charge on any atom is -0.479 e. The maximum Gasteiger partial charge on any atom is 0.267 e. The van der Waals surface area contributed by atoms with Crippen LogP contribution >= 0.6 is 11.6 Å². The standard InChI is InChI=1S/C18H17ClN2O3/c1-12-18(23)21(15-7-2-3-8-16(15)24-12)10-9-17(22)20-14-6-4-5-13(19)11-14/h2-8,11-12H,9-10H2,1H3,(H,20,22)/t12-/m1/s1. The molecule has 1 aliphatic rings. The van der Waals surface area contributed by atoms with Gasteiger partial charge >= 0.3 is 0 Å². The molecular formula is C18H17ClN2O3. The van der Waals surface area contributed by atoms with Crippen LogP contribution < -0.4 is 15.0 Å². The van der Waals surface area contributed by atoms with Gasteiger partial charge in [-0.1, -0.05) is 29.8 Å². The number of anilines is 2. The van der Waals surface area contributed by atoms with Gasteiger partial charge < -0.3 is 15.0 Å². The highest BCUT2D eigenvalue weighted by Crippen LogP contribution is 2.33. The van der Waals surface area contributed by atoms with Gasteiger partial charge in [0.2, 0.25) is 5.91 Å². The fourth-order valence-electron chi connectivity index (χ4n) is 2.59. The molecule has 1 heterocycles. The van der Waals surface area contributed by atoms with Crippen LogP contribution in [0.15, 0.2) is 48.5 Å². The monoisotopic (exact) mass is 344 g/mol. The van der Waals surface area contributed by atoms with Gasteiger partial charge in [-0.05, 0) is 37.3 Å². The molecule has 1 aliphatic heterocycles. The zero-order valence-electron chi connectivity index (χ0n) is 13.2. The molecule has 2 aromatic rings. The van der Waals surface area contributed by atoms with Crippen LogP contribution in [-0.4, -0.2) is 24.5 Å². The number of hydrogen-bond donors (Lipinski definition) is 1. The number of hydrogen-bond acceptors (Lipinski definition) is 3. The molecule has 0 radical (unpaired) electrons. The number of carbonyl (C=O) groups excluding carboxylic acids is 2. The summed E-state index contributed by atoms with van der Waals surface area (Å²) in [5.74, 6) is 0.325. The highest BCUT2D eigenvalue weighted by atomic mass is 35.5. The number of ether oxygens (including phenoxy) is 1. The average molecular weight is 345 g/mol. The fraction of sp³-hybridized carbons (Fsp3) is 0.222. The van der Waals surface area contributed by atoms with E-state index in [-0.39, 0.29) is 24.8 Å². The molecule has 2 aromatic carbocycles. The quantitative estimate of drug-likeness (QED) is 0.923. The molecule has 0 saturated carbocycles. The topological polar surface area (TPSA) is 58.6 Å². The van der Waals surface area contributed by atoms with E-state index < -0.39 is 6.10 Å². The number of carbonyl (C=O) groups is 2. The molecule has 124 valence electrons. The Bertz CT molecular complexity index is 778. The zero-order chi connectivity index (χ0) is 17.1. The van der Waals surface area contributed by atoms with Gasteiger partial charge in [0.05, 0.1) is 5.69 Å². The Morgan fingerprint density at radius 3 is 2.83 bits per heavy atom. The van der Waals surface area contributed by atoms with E-state index in [4.69, 9.17) is 16.3 Å². The van der Waals surface area contributed by atoms with Crippen molar-refractivity contribution in [1.82, 2.24) is 0 Å². The van der Waals surface area contributed by atoms with Crippen molar-refractivity contribution in [2.24, 2.45) is 0 Å². The van der Waals surface area contributed by atoms with Gasteiger partial charge in [-0.15, -0.1) is 0 Å². The van der Waals surface area contributed by atoms with Crippen molar-refractivity contribution in [3.63, 3.8) is 0 Å². The Morgan fingerprint density at radius 1 is 1.25 bits per heavy atom. The number of nitrogens with one attached hydrogen (secondary N) is 1. The predicted molar refractivity (Wildman–Crippen MR) is 93.6 cm³/mol. The molecule has 0 saturated heterocycles. The van der Waals surface area contributed by atoms with Crippen molar-refractivity contribution in [2.45, 2.75) is 19.4 Å². The summed E-state index contributed by atoms with van der Waals surface area (Å²) in [6.07, 6.45) is -0.379. The molecular weight excluding hydrogens is 328 g/mol. The summed E-state index contributed by atoms with van der Waals surface area (Å²) in [5.41, 5.74) is 1.32. The van der Waals surface area contributed by atoms with Crippen LogP contribution in [0.4, 0.5) is 11.4 Å². The normalized spacial score (nSPS) is 16.3. The minimum absolute atomic E-state index is 0.149. The van der Waals surface area contributed by atoms with Gasteiger partial charge in [0.1, 0.15) is 5.75 Å². The van der Waals surface area contributed by atoms with Gasteiger partial charge in [0.15, 0.2) is 6.10 Å². The van der Waals surface area contributed by atoms with Gasteiger partial charge in [-0.2, -0.15) is 0 Å². The van der Waals surface area contributed by atoms with Crippen molar-refractivity contribution in [2.75, 3.05) is 16.8 Å². The molecule has 24 heavy (non-hydrogen) atoms. The van der Waals surface area contributed by atoms with Crippen LogP contribution in [0.3, 0.4) is 0 Å². The summed E-state index contributed by atoms with van der Waals surface area (Å²) in [5, 5.41) is 3.33. The lowest BCUT2D eigenvalue weighted by Gasteiger charge is -2.32. The number of amides is 2. The molecule has 0 aliphatic carbocycles. The lowest BCUT2D eigenvalue weighted by Crippen LogP contribution is -2.45. The molecule has 0 aromatic heterocycles. The van der Waals surface area contributed by atoms with Gasteiger partial charge in [-0.25, -0.2) is 0 Å². The molecule has 1 N–H and O–H groups in total. The summed E-state index contributed by atoms with van der Waals surface area (Å²) in [6.45, 7) is 1.99. The third-order valence-electron chi connectivity index (χ3n) is 3.74. The summed E-state index contributed by atoms with van der Waals surface area (Å²) in [6, 6.07) is 14.3. The van der Waals surface area contributed by atoms with Crippen molar-refractivity contribution in [1.29, 1.82) is 0 Å². The Hall–Kier alpha value is -2.53. The van der Waals surface area contributed by atoms with Crippen LogP contribution in [0.25, 0.3) is 0 Å². The SMILES string of the molecule is C[C@H]1Oc2ccccc2N(CCC(=O)Nc2cccc(Cl)c2)C1=O. The largest absolute Gasteiger partial charge is 0.479 e. The molecule has 0 spiro atoms. The first-order valence-electron chi connectivity index (χ1n) is 7.67. The average Bonchev–Trinajstić information content (AvgIpc) is 2.55. The number of benzene rings is 2. The van der Waals surface area contributed by atoms with E-state index >= 15 is 0 Å². The third kappa shape index (κ3) is 3.51. The number of nitrogens with zero attached hydrogens (tertiary/aromatic N) is 1. The van der Waals surface area contributed by atoms with Crippen LogP contribution in [0, 0.1) is 0 Å². The second-order valence-electron chi connectivity index (χ2n) is 5.53. The van der Waals surface area contributed by atoms with Gasteiger partial charge in [-0.3, -0.25) is 9.59 Å². The van der Waals surface area contributed by atoms with Crippen molar-refractivity contribution in [3.8, 4) is 5.75 Å². The number of para-hydroxylation sites is 2. The van der Waals surface area contributed by atoms with Crippen LogP contribution in [0.5, 0.6) is 5.75 Å². The van der Waals surface area contributed by atoms with E-state index in [0.717, 1.165) is 0 Å². The molecule has 0 fully saturated rings. The Labute approximate surface area is 145 Å². The molecule has 3 rings (SSSR count). The number of fused-ring (bicyclic) bond motifs is 1. The van der Waals surface area contributed by atoms with Crippen molar-refractivity contribution in [3.05, 3.63) is 53.6 Å². The van der Waals surface area contributed by atoms with E-state index in [1.165, 1.54) is 0 Å². The van der Waals surface area contributed by atoms with Crippen LogP contribution in [-0.2, 0) is 9.59 Å². The van der Waals surface area contributed by atoms with Crippen molar-refractivity contribution < 1.29 is 14.3 Å². The lowest BCUT2D eigenvalue weighted by molar-refractivity contribution is -0.125. The summed E-state index contributed by atoms with van der Waals surface area (Å²) in [7, 11) is 0. The van der Waals surface area contributed by atoms with Crippen LogP contribution in [0.1, 0.15) is 13.3 Å². The summed E-state index contributed by atoms with van der Waals surface area (Å²) in [4.78, 5) is 26.1. The lowest BCUT2D eigenvalue weighted by atomic mass is 10.1. The smallest absolute Gasteiger partial charge is 0.267 e. The first kappa shape index (κ1) is 16.3. The predicted octanol–water partition coefficient (Wildman–Crippen LogP) is 3.48. The zero-order valence-corrected chi connectivity index (χ0v) is 13.9. The van der Waals surface area contributed by atoms with E-state index in [1.807, 2.05) is 24.3 Å². The maximum atomic E-state index is 12.4. The van der Waals surface area contributed by atoms with Gasteiger partial charge in [0.25, 0.3) is 5.91 Å². The van der Waals surface area contributed by atoms with Crippen LogP contribution in [0.2, 0.25) is 5.02 Å². The molecule has 0 bridgehead atoms. The molecule has 2 amide bonds. The first-order valence-corrected chi connectivity index (χ1v) is 8.05. The third-order valence-corrected chi connectivity index (χ3v) is 3.98. The summed E-state index contributed by atoms with van der Waals surface area (Å²) >= 11 is 5.90. The first-order chi connectivity index (χ1) is 11.5. The van der Waals surface area contributed by atoms with Gasteiger partial charge in [0, 0.05) is 23.7 Å². The van der Waals surface area contributed by atoms with Crippen molar-refractivity contribution >= 4 is 34.8 Å². The second-order valence-corrected chi connectivity index (χ2v) is 5.96. The van der Waals surface area contributed by atoms with E-state index in [9.17, 15) is 9.59 Å². The Balaban J connectivity index is 1.67. The summed E-state index contributed by atoms with van der Waals surface area (Å²) < 4.78 is 5.58. The highest BCUT2D eigenvalue weighted by Gasteiger charge is 2.31. The molecule has 1 atom stereocenters. The van der Waals surface area contributed by atoms with E-state index in [1.54, 1.807) is 36.1 Å². The minimum atomic E-state index is -0.559. The molecule has 6 heteroatoms.